The summed E-state index contributed by atoms with van der Waals surface area (Å²) in [6, 6.07) is 20.8. The smallest absolute Gasteiger partial charge is 0.459 e. The molecule has 1 aliphatic rings. The number of nitrogens with one attached hydrogen (secondary N) is 1. The summed E-state index contributed by atoms with van der Waals surface area (Å²) in [5, 5.41) is 14.8. The van der Waals surface area contributed by atoms with Gasteiger partial charge >= 0.3 is 13.7 Å². The molecule has 0 fully saturated rings. The summed E-state index contributed by atoms with van der Waals surface area (Å²) in [6.45, 7) is 4.21. The number of carbonyl (C=O) groups excluding carboxylic acids is 2. The number of aliphatic hydroxyl groups is 1. The number of primary amides is 1. The molecule has 1 heterocycles. The van der Waals surface area contributed by atoms with Crippen molar-refractivity contribution in [3.8, 4) is 5.75 Å². The molecule has 3 aromatic rings. The Morgan fingerprint density at radius 2 is 1.74 bits per heavy atom. The predicted molar refractivity (Wildman–Crippen MR) is 177 cm³/mol. The van der Waals surface area contributed by atoms with Gasteiger partial charge in [-0.3, -0.25) is 14.1 Å². The van der Waals surface area contributed by atoms with Crippen molar-refractivity contribution in [2.75, 3.05) is 20.3 Å². The van der Waals surface area contributed by atoms with E-state index in [4.69, 9.17) is 29.0 Å². The van der Waals surface area contributed by atoms with Gasteiger partial charge in [-0.2, -0.15) is 5.09 Å². The highest BCUT2D eigenvalue weighted by molar-refractivity contribution is 7.52. The Kier molecular flexibility index (Phi) is 12.3. The summed E-state index contributed by atoms with van der Waals surface area (Å²) in [5.74, 6) is -2.54. The molecule has 0 aromatic heterocycles. The molecule has 4 N–H and O–H groups in total. The van der Waals surface area contributed by atoms with Gasteiger partial charge in [0.15, 0.2) is 5.79 Å². The van der Waals surface area contributed by atoms with E-state index in [1.807, 2.05) is 60.7 Å². The Balaban J connectivity index is 1.56. The molecular weight excluding hydrogens is 625 g/mol. The Hall–Kier alpha value is -4.03. The maximum Gasteiger partial charge on any atom is 0.459 e. The van der Waals surface area contributed by atoms with Crippen LogP contribution in [0.4, 0.5) is 0 Å². The van der Waals surface area contributed by atoms with Crippen LogP contribution in [0.1, 0.15) is 32.8 Å². The summed E-state index contributed by atoms with van der Waals surface area (Å²) < 4.78 is 43.6. The molecule has 3 unspecified atom stereocenters. The number of rotatable bonds is 17. The Morgan fingerprint density at radius 1 is 1.04 bits per heavy atom. The van der Waals surface area contributed by atoms with Crippen molar-refractivity contribution >= 4 is 30.4 Å². The summed E-state index contributed by atoms with van der Waals surface area (Å²) >= 11 is 0. The number of hydrogen-bond acceptors (Lipinski definition) is 10. The quantitative estimate of drug-likeness (QED) is 0.103. The van der Waals surface area contributed by atoms with Crippen LogP contribution in [0, 0.1) is 0 Å². The number of benzene rings is 3. The first-order chi connectivity index (χ1) is 22.4. The van der Waals surface area contributed by atoms with Crippen molar-refractivity contribution < 1.29 is 42.5 Å². The van der Waals surface area contributed by atoms with Gasteiger partial charge < -0.3 is 34.5 Å². The number of hydrogen-bond donors (Lipinski definition) is 3. The third-order valence-corrected chi connectivity index (χ3v) is 8.76. The summed E-state index contributed by atoms with van der Waals surface area (Å²) in [4.78, 5) is 26.4. The molecular formula is C34H42N3O9P. The largest absolute Gasteiger partial charge is 0.460 e. The van der Waals surface area contributed by atoms with Crippen LogP contribution < -0.4 is 15.3 Å². The summed E-state index contributed by atoms with van der Waals surface area (Å²) in [7, 11) is -2.91. The van der Waals surface area contributed by atoms with Gasteiger partial charge in [0.1, 0.15) is 30.6 Å². The lowest BCUT2D eigenvalue weighted by molar-refractivity contribution is -0.231. The first kappa shape index (κ1) is 35.8. The lowest BCUT2D eigenvalue weighted by atomic mass is 10.1. The second kappa shape index (κ2) is 16.2. The van der Waals surface area contributed by atoms with Gasteiger partial charge in [0, 0.05) is 24.3 Å². The van der Waals surface area contributed by atoms with E-state index >= 15 is 0 Å². The fraction of sp³-hybridized carbons (Fsp3) is 0.353. The number of nitrogens with two attached hydrogens (primary N) is 1. The number of carbonyl (C=O) groups is 2. The fourth-order valence-electron chi connectivity index (χ4n) is 4.83. The number of methoxy groups -OCH3 is 1. The topological polar surface area (TPSA) is 159 Å². The van der Waals surface area contributed by atoms with Gasteiger partial charge in [-0.25, -0.2) is 4.57 Å². The van der Waals surface area contributed by atoms with E-state index in [0.717, 1.165) is 10.9 Å². The zero-order valence-corrected chi connectivity index (χ0v) is 27.8. The molecule has 0 aliphatic carbocycles. The minimum atomic E-state index is -4.32. The van der Waals surface area contributed by atoms with Crippen molar-refractivity contribution in [1.82, 2.24) is 9.99 Å². The number of fused-ring (bicyclic) bond motifs is 1. The SMILES string of the molecule is COC(COP(=O)(NC(C)C(=O)OCc1ccccc1)Oc1cccc2ccccc12)[C@H](CN1C=CCC(C(N)=O)=C1)OC(C)(C)O. The van der Waals surface area contributed by atoms with Crippen molar-refractivity contribution in [1.29, 1.82) is 0 Å². The minimum absolute atomic E-state index is 0.0274. The second-order valence-electron chi connectivity index (χ2n) is 11.5. The van der Waals surface area contributed by atoms with Gasteiger partial charge in [0.25, 0.3) is 0 Å². The van der Waals surface area contributed by atoms with E-state index in [1.165, 1.54) is 27.9 Å². The van der Waals surface area contributed by atoms with Crippen LogP contribution in [0.15, 0.2) is 96.8 Å². The molecule has 0 bridgehead atoms. The number of allylic oxidation sites excluding steroid dienone is 1. The highest BCUT2D eigenvalue weighted by atomic mass is 31.2. The minimum Gasteiger partial charge on any atom is -0.460 e. The number of ether oxygens (including phenoxy) is 3. The molecule has 4 rings (SSSR count). The molecule has 12 nitrogen and oxygen atoms in total. The summed E-state index contributed by atoms with van der Waals surface area (Å²) in [5.41, 5.74) is 6.67. The van der Waals surface area contributed by atoms with Crippen LogP contribution in [0.25, 0.3) is 10.8 Å². The van der Waals surface area contributed by atoms with Crippen LogP contribution in [-0.2, 0) is 39.5 Å². The van der Waals surface area contributed by atoms with Crippen LogP contribution in [0.3, 0.4) is 0 Å². The van der Waals surface area contributed by atoms with E-state index in [-0.39, 0.29) is 25.5 Å². The highest BCUT2D eigenvalue weighted by Crippen LogP contribution is 2.47. The number of amides is 1. The van der Waals surface area contributed by atoms with Gasteiger partial charge in [-0.05, 0) is 50.4 Å². The fourth-order valence-corrected chi connectivity index (χ4v) is 6.36. The second-order valence-corrected chi connectivity index (χ2v) is 13.2. The van der Waals surface area contributed by atoms with Crippen LogP contribution in [-0.4, -0.2) is 66.2 Å². The molecule has 1 aliphatic heterocycles. The molecule has 13 heteroatoms. The van der Waals surface area contributed by atoms with Crippen LogP contribution >= 0.6 is 7.75 Å². The van der Waals surface area contributed by atoms with Crippen molar-refractivity contribution in [3.63, 3.8) is 0 Å². The molecule has 0 saturated carbocycles. The average molecular weight is 668 g/mol. The zero-order valence-electron chi connectivity index (χ0n) is 26.9. The standard InChI is InChI=1S/C34H42N3O9P/c1-24(33(39)43-22-25-12-6-5-7-13-25)36-47(41,46-29-18-10-15-26-14-8-9-17-28(26)29)44-23-31(42-4)30(45-34(2,3)40)21-37-19-11-16-27(20-37)32(35)38/h5-15,17-20,24,30-31,40H,16,21-23H2,1-4H3,(H2,35,38)(H,36,41)/t24?,30-,31?,47?/m0/s1. The maximum atomic E-state index is 14.5. The van der Waals surface area contributed by atoms with Gasteiger partial charge in [-0.1, -0.05) is 72.8 Å². The molecule has 1 amide bonds. The molecule has 0 spiro atoms. The van der Waals surface area contributed by atoms with Crippen LogP contribution in [0.2, 0.25) is 0 Å². The van der Waals surface area contributed by atoms with Crippen molar-refractivity contribution in [2.45, 2.75) is 57.8 Å². The first-order valence-corrected chi connectivity index (χ1v) is 16.7. The average Bonchev–Trinajstić information content (AvgIpc) is 3.04. The maximum absolute atomic E-state index is 14.5. The molecule has 47 heavy (non-hydrogen) atoms. The molecule has 252 valence electrons. The molecule has 0 saturated heterocycles. The lowest BCUT2D eigenvalue weighted by Crippen LogP contribution is -2.46. The van der Waals surface area contributed by atoms with E-state index in [2.05, 4.69) is 5.09 Å². The normalized spacial score (nSPS) is 16.5. The van der Waals surface area contributed by atoms with Crippen molar-refractivity contribution in [2.24, 2.45) is 5.73 Å². The van der Waals surface area contributed by atoms with E-state index in [0.29, 0.717) is 17.4 Å². The number of nitrogens with zero attached hydrogens (tertiary/aromatic N) is 1. The van der Waals surface area contributed by atoms with E-state index in [9.17, 15) is 19.3 Å². The Labute approximate surface area is 274 Å². The van der Waals surface area contributed by atoms with Crippen molar-refractivity contribution in [3.05, 3.63) is 102 Å². The first-order valence-electron chi connectivity index (χ1n) is 15.1. The van der Waals surface area contributed by atoms with E-state index < -0.39 is 43.7 Å². The molecule has 4 atom stereocenters. The monoisotopic (exact) mass is 667 g/mol. The van der Waals surface area contributed by atoms with Gasteiger partial charge in [-0.15, -0.1) is 0 Å². The third kappa shape index (κ3) is 10.8. The summed E-state index contributed by atoms with van der Waals surface area (Å²) in [6.07, 6.45) is 3.72. The van der Waals surface area contributed by atoms with Crippen LogP contribution in [0.5, 0.6) is 5.75 Å². The highest BCUT2D eigenvalue weighted by Gasteiger charge is 2.37. The Morgan fingerprint density at radius 3 is 2.45 bits per heavy atom. The van der Waals surface area contributed by atoms with Gasteiger partial charge in [0.2, 0.25) is 5.91 Å². The Bertz CT molecular complexity index is 1620. The molecule has 0 radical (unpaired) electrons. The number of esters is 1. The predicted octanol–water partition coefficient (Wildman–Crippen LogP) is 4.78. The zero-order chi connectivity index (χ0) is 34.0. The lowest BCUT2D eigenvalue weighted by Gasteiger charge is -2.35. The van der Waals surface area contributed by atoms with E-state index in [1.54, 1.807) is 35.5 Å². The van der Waals surface area contributed by atoms with Gasteiger partial charge in [0.05, 0.1) is 13.2 Å². The third-order valence-electron chi connectivity index (χ3n) is 7.13. The molecule has 3 aromatic carbocycles.